The maximum Gasteiger partial charge on any atom is 0.137 e. The fraction of sp³-hybridized carbons (Fsp3) is 0. The van der Waals surface area contributed by atoms with Crippen LogP contribution in [-0.2, 0) is 0 Å². The Morgan fingerprint density at radius 2 is 0.940 bits per heavy atom. The van der Waals surface area contributed by atoms with Gasteiger partial charge in [0.05, 0.1) is 17.1 Å². The van der Waals surface area contributed by atoms with Crippen molar-refractivity contribution in [2.24, 2.45) is 0 Å². The van der Waals surface area contributed by atoms with E-state index in [-0.39, 0.29) is 0 Å². The number of aromatic nitrogens is 3. The van der Waals surface area contributed by atoms with E-state index in [0.717, 1.165) is 73.0 Å². The fourth-order valence-electron chi connectivity index (χ4n) is 6.83. The number of para-hydroxylation sites is 1. The number of fused-ring (bicyclic) bond motifs is 2. The largest absolute Gasteiger partial charge is 0.311 e. The summed E-state index contributed by atoms with van der Waals surface area (Å²) in [7, 11) is 0. The zero-order valence-corrected chi connectivity index (χ0v) is 27.3. The number of anilines is 3. The van der Waals surface area contributed by atoms with Crippen LogP contribution in [0.15, 0.2) is 194 Å². The molecule has 4 nitrogen and oxygen atoms in total. The van der Waals surface area contributed by atoms with Crippen LogP contribution in [0.3, 0.4) is 0 Å². The Morgan fingerprint density at radius 1 is 0.400 bits per heavy atom. The molecule has 236 valence electrons. The van der Waals surface area contributed by atoms with Gasteiger partial charge in [-0.15, -0.1) is 0 Å². The Hall–Kier alpha value is -6.78. The van der Waals surface area contributed by atoms with Gasteiger partial charge in [-0.1, -0.05) is 127 Å². The fourth-order valence-corrected chi connectivity index (χ4v) is 6.83. The smallest absolute Gasteiger partial charge is 0.137 e. The zero-order chi connectivity index (χ0) is 33.3. The van der Waals surface area contributed by atoms with Crippen molar-refractivity contribution in [2.75, 3.05) is 4.90 Å². The SMILES string of the molecule is c1ccc(-c2c(-c3ccc(N(c4ccccc4)c4ccc(-c5ccc(-c6nccc7ccccc67)cc5)cc4)cc3)nc3ccccn23)cc1. The highest BCUT2D eigenvalue weighted by Crippen LogP contribution is 2.38. The molecule has 9 rings (SSSR count). The van der Waals surface area contributed by atoms with E-state index in [1.165, 1.54) is 5.39 Å². The van der Waals surface area contributed by atoms with Gasteiger partial charge in [0.2, 0.25) is 0 Å². The van der Waals surface area contributed by atoms with Crippen molar-refractivity contribution in [3.8, 4) is 44.9 Å². The van der Waals surface area contributed by atoms with Crippen LogP contribution in [0, 0.1) is 0 Å². The quantitative estimate of drug-likeness (QED) is 0.174. The second-order valence-electron chi connectivity index (χ2n) is 12.3. The number of hydrogen-bond donors (Lipinski definition) is 0. The van der Waals surface area contributed by atoms with Gasteiger partial charge in [0.1, 0.15) is 5.65 Å². The topological polar surface area (TPSA) is 33.4 Å². The molecule has 6 aromatic carbocycles. The van der Waals surface area contributed by atoms with Crippen LogP contribution >= 0.6 is 0 Å². The molecule has 3 aromatic heterocycles. The Balaban J connectivity index is 1.04. The number of benzene rings is 6. The number of pyridine rings is 2. The van der Waals surface area contributed by atoms with E-state index >= 15 is 0 Å². The van der Waals surface area contributed by atoms with Crippen molar-refractivity contribution in [2.45, 2.75) is 0 Å². The number of hydrogen-bond acceptors (Lipinski definition) is 3. The molecule has 0 atom stereocenters. The molecule has 0 aliphatic rings. The number of nitrogens with zero attached hydrogens (tertiary/aromatic N) is 4. The first-order valence-corrected chi connectivity index (χ1v) is 16.8. The minimum absolute atomic E-state index is 0.927. The summed E-state index contributed by atoms with van der Waals surface area (Å²) >= 11 is 0. The van der Waals surface area contributed by atoms with Gasteiger partial charge in [-0.05, 0) is 71.1 Å². The van der Waals surface area contributed by atoms with Crippen molar-refractivity contribution in [1.82, 2.24) is 14.4 Å². The average Bonchev–Trinajstić information content (AvgIpc) is 3.59. The van der Waals surface area contributed by atoms with E-state index in [1.807, 2.05) is 18.3 Å². The van der Waals surface area contributed by atoms with Gasteiger partial charge < -0.3 is 4.90 Å². The van der Waals surface area contributed by atoms with Crippen molar-refractivity contribution in [1.29, 1.82) is 0 Å². The van der Waals surface area contributed by atoms with Crippen LogP contribution in [0.4, 0.5) is 17.1 Å². The summed E-state index contributed by atoms with van der Waals surface area (Å²) in [5, 5.41) is 2.36. The molecule has 0 aliphatic heterocycles. The standard InChI is InChI=1S/C46H32N4/c1-3-12-38(13-4-1)46-45(48-43-17-9-10-32-49(43)46)37-24-28-41(29-25-37)50(39-14-5-2-6-15-39)40-26-22-34(23-27-40)33-18-20-36(21-19-33)44-42-16-8-7-11-35(42)30-31-47-44/h1-32H. The lowest BCUT2D eigenvalue weighted by Crippen LogP contribution is -2.09. The van der Waals surface area contributed by atoms with E-state index in [4.69, 9.17) is 9.97 Å². The Labute approximate surface area is 291 Å². The lowest BCUT2D eigenvalue weighted by molar-refractivity contribution is 1.19. The monoisotopic (exact) mass is 640 g/mol. The molecule has 50 heavy (non-hydrogen) atoms. The molecule has 0 spiro atoms. The van der Waals surface area contributed by atoms with Crippen LogP contribution in [0.5, 0.6) is 0 Å². The molecule has 0 bridgehead atoms. The molecule has 0 N–H and O–H groups in total. The Kier molecular flexibility index (Phi) is 7.45. The molecular formula is C46H32N4. The third-order valence-electron chi connectivity index (χ3n) is 9.28. The Bertz CT molecular complexity index is 2550. The van der Waals surface area contributed by atoms with Gasteiger partial charge in [-0.3, -0.25) is 9.38 Å². The third-order valence-corrected chi connectivity index (χ3v) is 9.28. The van der Waals surface area contributed by atoms with Crippen LogP contribution in [0.2, 0.25) is 0 Å². The summed E-state index contributed by atoms with van der Waals surface area (Å²) in [5.41, 5.74) is 12.9. The molecule has 0 saturated heterocycles. The van der Waals surface area contributed by atoms with Gasteiger partial charge in [-0.25, -0.2) is 4.98 Å². The van der Waals surface area contributed by atoms with Crippen LogP contribution < -0.4 is 4.90 Å². The lowest BCUT2D eigenvalue weighted by atomic mass is 9.99. The van der Waals surface area contributed by atoms with Crippen molar-refractivity contribution in [3.63, 3.8) is 0 Å². The molecular weight excluding hydrogens is 609 g/mol. The molecule has 0 radical (unpaired) electrons. The average molecular weight is 641 g/mol. The molecule has 4 heteroatoms. The molecule has 0 saturated carbocycles. The summed E-state index contributed by atoms with van der Waals surface area (Å²) in [6, 6.07) is 63.9. The summed E-state index contributed by atoms with van der Waals surface area (Å²) in [6.07, 6.45) is 3.97. The van der Waals surface area contributed by atoms with Gasteiger partial charge in [0.25, 0.3) is 0 Å². The number of imidazole rings is 1. The van der Waals surface area contributed by atoms with E-state index in [0.29, 0.717) is 0 Å². The summed E-state index contributed by atoms with van der Waals surface area (Å²) in [4.78, 5) is 12.1. The minimum atomic E-state index is 0.927. The molecule has 0 aliphatic carbocycles. The molecule has 0 unspecified atom stereocenters. The minimum Gasteiger partial charge on any atom is -0.311 e. The van der Waals surface area contributed by atoms with Crippen molar-refractivity contribution in [3.05, 3.63) is 194 Å². The summed E-state index contributed by atoms with van der Waals surface area (Å²) < 4.78 is 2.17. The summed E-state index contributed by atoms with van der Waals surface area (Å²) in [5.74, 6) is 0. The maximum atomic E-state index is 5.07. The second-order valence-corrected chi connectivity index (χ2v) is 12.3. The zero-order valence-electron chi connectivity index (χ0n) is 27.3. The predicted molar refractivity (Wildman–Crippen MR) is 207 cm³/mol. The van der Waals surface area contributed by atoms with E-state index < -0.39 is 0 Å². The van der Waals surface area contributed by atoms with Gasteiger partial charge in [-0.2, -0.15) is 0 Å². The van der Waals surface area contributed by atoms with E-state index in [2.05, 4.69) is 185 Å². The number of rotatable bonds is 7. The van der Waals surface area contributed by atoms with E-state index in [1.54, 1.807) is 0 Å². The van der Waals surface area contributed by atoms with Crippen molar-refractivity contribution < 1.29 is 0 Å². The maximum absolute atomic E-state index is 5.07. The normalized spacial score (nSPS) is 11.2. The van der Waals surface area contributed by atoms with Crippen LogP contribution in [0.25, 0.3) is 61.3 Å². The second kappa shape index (κ2) is 12.7. The summed E-state index contributed by atoms with van der Waals surface area (Å²) in [6.45, 7) is 0. The van der Waals surface area contributed by atoms with Gasteiger partial charge in [0.15, 0.2) is 0 Å². The highest BCUT2D eigenvalue weighted by atomic mass is 15.1. The highest BCUT2D eigenvalue weighted by Gasteiger charge is 2.18. The lowest BCUT2D eigenvalue weighted by Gasteiger charge is -2.26. The van der Waals surface area contributed by atoms with Crippen molar-refractivity contribution >= 4 is 33.5 Å². The molecule has 3 heterocycles. The first-order chi connectivity index (χ1) is 24.8. The third kappa shape index (κ3) is 5.39. The van der Waals surface area contributed by atoms with Crippen LogP contribution in [0.1, 0.15) is 0 Å². The van der Waals surface area contributed by atoms with Gasteiger partial charge >= 0.3 is 0 Å². The van der Waals surface area contributed by atoms with Crippen LogP contribution in [-0.4, -0.2) is 14.4 Å². The Morgan fingerprint density at radius 3 is 1.66 bits per heavy atom. The van der Waals surface area contributed by atoms with Gasteiger partial charge in [0, 0.05) is 51.5 Å². The molecule has 9 aromatic rings. The highest BCUT2D eigenvalue weighted by molar-refractivity contribution is 5.94. The van der Waals surface area contributed by atoms with E-state index in [9.17, 15) is 0 Å². The first-order valence-electron chi connectivity index (χ1n) is 16.8. The first kappa shape index (κ1) is 29.4. The predicted octanol–water partition coefficient (Wildman–Crippen LogP) is 12.0. The molecule has 0 amide bonds. The molecule has 0 fully saturated rings.